The van der Waals surface area contributed by atoms with Gasteiger partial charge in [0.15, 0.2) is 0 Å². The molecule has 0 spiro atoms. The third-order valence-corrected chi connectivity index (χ3v) is 9.70. The van der Waals surface area contributed by atoms with Gasteiger partial charge in [0.05, 0.1) is 0 Å². The summed E-state index contributed by atoms with van der Waals surface area (Å²) in [7, 11) is 0. The maximum absolute atomic E-state index is 2.14. The molecule has 0 amide bonds. The number of rotatable bonds is 0. The van der Waals surface area contributed by atoms with Gasteiger partial charge in [-0.05, 0) is 0 Å². The molecule has 1 aliphatic heterocycles. The lowest BCUT2D eigenvalue weighted by molar-refractivity contribution is 1.43. The summed E-state index contributed by atoms with van der Waals surface area (Å²) >= 11 is 12.8. The van der Waals surface area contributed by atoms with Crippen LogP contribution in [0.3, 0.4) is 0 Å². The average molecular weight is 361 g/mol. The van der Waals surface area contributed by atoms with Gasteiger partial charge in [0, 0.05) is 69.0 Å². The molecule has 1 aliphatic rings. The minimum atomic E-state index is 1.35. The van der Waals surface area contributed by atoms with Crippen LogP contribution in [0.2, 0.25) is 0 Å². The smallest absolute Gasteiger partial charge is 0.00238 e. The average Bonchev–Trinajstić information content (AvgIpc) is 2.39. The van der Waals surface area contributed by atoms with Crippen LogP contribution in [0.4, 0.5) is 0 Å². The highest BCUT2D eigenvalue weighted by Gasteiger charge is 1.97. The van der Waals surface area contributed by atoms with Crippen LogP contribution in [0.15, 0.2) is 0 Å². The van der Waals surface area contributed by atoms with Crippen LogP contribution in [-0.2, 0) is 0 Å². The Kier molecular flexibility index (Phi) is 15.6. The molecule has 0 aliphatic carbocycles. The van der Waals surface area contributed by atoms with Crippen molar-refractivity contribution in [2.24, 2.45) is 0 Å². The Bertz CT molecular complexity index is 91.6. The van der Waals surface area contributed by atoms with Gasteiger partial charge in [0.25, 0.3) is 0 Å². The van der Waals surface area contributed by atoms with Crippen LogP contribution in [0.1, 0.15) is 0 Å². The summed E-state index contributed by atoms with van der Waals surface area (Å²) in [5.41, 5.74) is 0. The first-order valence-electron chi connectivity index (χ1n) is 6.46. The van der Waals surface area contributed by atoms with Crippen molar-refractivity contribution in [3.05, 3.63) is 0 Å². The SMILES string of the molecule is C1CSCCSCCSCCSCCSCCS1. The monoisotopic (exact) mass is 360 g/mol. The lowest BCUT2D eigenvalue weighted by Crippen LogP contribution is -1.97. The first-order chi connectivity index (χ1) is 9.00. The minimum Gasteiger partial charge on any atom is -0.160 e. The van der Waals surface area contributed by atoms with Crippen LogP contribution >= 0.6 is 70.6 Å². The Morgan fingerprint density at radius 1 is 0.222 bits per heavy atom. The van der Waals surface area contributed by atoms with Crippen LogP contribution in [0, 0.1) is 0 Å². The highest BCUT2D eigenvalue weighted by atomic mass is 32.2. The Morgan fingerprint density at radius 2 is 0.333 bits per heavy atom. The van der Waals surface area contributed by atoms with Crippen molar-refractivity contribution in [2.45, 2.75) is 0 Å². The topological polar surface area (TPSA) is 0 Å². The quantitative estimate of drug-likeness (QED) is 0.623. The number of hydrogen-bond donors (Lipinski definition) is 0. The molecule has 0 aromatic heterocycles. The largest absolute Gasteiger partial charge is 0.160 e. The Balaban J connectivity index is 2.00. The van der Waals surface area contributed by atoms with E-state index in [9.17, 15) is 0 Å². The molecule has 1 heterocycles. The molecule has 0 atom stereocenters. The molecule has 0 radical (unpaired) electrons. The molecule has 0 aromatic carbocycles. The lowest BCUT2D eigenvalue weighted by Gasteiger charge is -2.05. The van der Waals surface area contributed by atoms with E-state index in [-0.39, 0.29) is 0 Å². The molecule has 0 saturated carbocycles. The second-order valence-corrected chi connectivity index (χ2v) is 11.0. The first kappa shape index (κ1) is 18.1. The second-order valence-electron chi connectivity index (χ2n) is 3.67. The third-order valence-electron chi connectivity index (χ3n) is 2.23. The molecule has 0 nitrogen and oxygen atoms in total. The van der Waals surface area contributed by atoms with Crippen molar-refractivity contribution in [1.29, 1.82) is 0 Å². The zero-order valence-electron chi connectivity index (χ0n) is 10.9. The van der Waals surface area contributed by atoms with E-state index in [0.29, 0.717) is 0 Å². The zero-order chi connectivity index (χ0) is 12.7. The molecular weight excluding hydrogens is 337 g/mol. The molecule has 108 valence electrons. The molecule has 0 aromatic rings. The number of hydrogen-bond acceptors (Lipinski definition) is 6. The summed E-state index contributed by atoms with van der Waals surface area (Å²) in [5.74, 6) is 16.2. The summed E-state index contributed by atoms with van der Waals surface area (Å²) in [6, 6.07) is 0. The Labute approximate surface area is 138 Å². The van der Waals surface area contributed by atoms with Crippen molar-refractivity contribution in [3.8, 4) is 0 Å². The van der Waals surface area contributed by atoms with Crippen LogP contribution in [0.5, 0.6) is 0 Å². The maximum atomic E-state index is 2.14. The van der Waals surface area contributed by atoms with Crippen molar-refractivity contribution < 1.29 is 0 Å². The van der Waals surface area contributed by atoms with E-state index >= 15 is 0 Å². The van der Waals surface area contributed by atoms with E-state index in [2.05, 4.69) is 70.6 Å². The van der Waals surface area contributed by atoms with Crippen LogP contribution in [0.25, 0.3) is 0 Å². The van der Waals surface area contributed by atoms with Crippen molar-refractivity contribution in [1.82, 2.24) is 0 Å². The van der Waals surface area contributed by atoms with E-state index in [0.717, 1.165) is 0 Å². The standard InChI is InChI=1S/C12H24S6/c1-2-14-5-6-16-9-10-18-12-11-17-8-7-15-4-3-13-1/h1-12H2. The van der Waals surface area contributed by atoms with Crippen molar-refractivity contribution in [2.75, 3.05) is 69.0 Å². The minimum absolute atomic E-state index is 1.35. The van der Waals surface area contributed by atoms with Gasteiger partial charge in [0.1, 0.15) is 0 Å². The van der Waals surface area contributed by atoms with Gasteiger partial charge in [0.2, 0.25) is 0 Å². The predicted octanol–water partition coefficient (Wildman–Crippen LogP) is 4.40. The summed E-state index contributed by atoms with van der Waals surface area (Å²) < 4.78 is 0. The predicted molar refractivity (Wildman–Crippen MR) is 104 cm³/mol. The summed E-state index contributed by atoms with van der Waals surface area (Å²) in [6.45, 7) is 0. The van der Waals surface area contributed by atoms with Gasteiger partial charge >= 0.3 is 0 Å². The Morgan fingerprint density at radius 3 is 0.444 bits per heavy atom. The van der Waals surface area contributed by atoms with Crippen molar-refractivity contribution in [3.63, 3.8) is 0 Å². The van der Waals surface area contributed by atoms with Gasteiger partial charge in [-0.2, -0.15) is 70.6 Å². The van der Waals surface area contributed by atoms with Gasteiger partial charge < -0.3 is 0 Å². The molecule has 1 saturated heterocycles. The fraction of sp³-hybridized carbons (Fsp3) is 1.00. The fourth-order valence-electron chi connectivity index (χ4n) is 1.32. The van der Waals surface area contributed by atoms with E-state index in [1.165, 1.54) is 69.0 Å². The summed E-state index contributed by atoms with van der Waals surface area (Å²) in [4.78, 5) is 0. The highest BCUT2D eigenvalue weighted by molar-refractivity contribution is 8.07. The lowest BCUT2D eigenvalue weighted by atomic mass is 10.9. The molecule has 18 heavy (non-hydrogen) atoms. The fourth-order valence-corrected chi connectivity index (χ4v) is 8.20. The molecule has 0 unspecified atom stereocenters. The highest BCUT2D eigenvalue weighted by Crippen LogP contribution is 2.15. The van der Waals surface area contributed by atoms with E-state index in [1.807, 2.05) is 0 Å². The Hall–Kier alpha value is 2.10. The van der Waals surface area contributed by atoms with E-state index < -0.39 is 0 Å². The van der Waals surface area contributed by atoms with Crippen LogP contribution < -0.4 is 0 Å². The van der Waals surface area contributed by atoms with Gasteiger partial charge in [-0.15, -0.1) is 0 Å². The van der Waals surface area contributed by atoms with Crippen molar-refractivity contribution >= 4 is 70.6 Å². The second kappa shape index (κ2) is 15.5. The van der Waals surface area contributed by atoms with Crippen LogP contribution in [-0.4, -0.2) is 69.0 Å². The molecule has 1 rings (SSSR count). The molecule has 0 bridgehead atoms. The first-order valence-corrected chi connectivity index (χ1v) is 13.4. The molecule has 0 N–H and O–H groups in total. The molecule has 1 fully saturated rings. The summed E-state index contributed by atoms with van der Waals surface area (Å²) in [5, 5.41) is 0. The molecular formula is C12H24S6. The molecule has 6 heteroatoms. The number of thioether (sulfide) groups is 6. The summed E-state index contributed by atoms with van der Waals surface area (Å²) in [6.07, 6.45) is 0. The maximum Gasteiger partial charge on any atom is 0.00238 e. The van der Waals surface area contributed by atoms with Gasteiger partial charge in [-0.3, -0.25) is 0 Å². The van der Waals surface area contributed by atoms with E-state index in [1.54, 1.807) is 0 Å². The third kappa shape index (κ3) is 13.1. The normalized spacial score (nSPS) is 24.0. The van der Waals surface area contributed by atoms with Gasteiger partial charge in [-0.1, -0.05) is 0 Å². The van der Waals surface area contributed by atoms with E-state index in [4.69, 9.17) is 0 Å². The van der Waals surface area contributed by atoms with Gasteiger partial charge in [-0.25, -0.2) is 0 Å². The zero-order valence-corrected chi connectivity index (χ0v) is 15.8.